The number of nitrogens with one attached hydrogen (secondary N) is 1. The third-order valence-corrected chi connectivity index (χ3v) is 2.99. The normalized spacial score (nSPS) is 19.7. The van der Waals surface area contributed by atoms with Crippen molar-refractivity contribution >= 4 is 23.8 Å². The van der Waals surface area contributed by atoms with Gasteiger partial charge in [0.05, 0.1) is 5.88 Å². The molecule has 0 radical (unpaired) electrons. The Bertz CT molecular complexity index is 300. The first-order chi connectivity index (χ1) is 7.16. The average Bonchev–Trinajstić information content (AvgIpc) is 2.66. The van der Waals surface area contributed by atoms with E-state index in [0.717, 1.165) is 0 Å². The van der Waals surface area contributed by atoms with E-state index >= 15 is 0 Å². The summed E-state index contributed by atoms with van der Waals surface area (Å²) in [4.78, 5) is 23.6. The average molecular weight is 228 g/mol. The second-order valence-corrected chi connectivity index (χ2v) is 4.01. The Balaban J connectivity index is 2.45. The van der Waals surface area contributed by atoms with Crippen LogP contribution < -0.4 is 5.32 Å². The van der Waals surface area contributed by atoms with E-state index in [0.29, 0.717) is 24.6 Å². The highest BCUT2D eigenvalue weighted by Crippen LogP contribution is 2.20. The highest BCUT2D eigenvalue weighted by molar-refractivity contribution is 7.99. The topological polar surface area (TPSA) is 69.6 Å². The molecule has 82 valence electrons. The van der Waals surface area contributed by atoms with Gasteiger partial charge in [-0.15, -0.1) is 24.1 Å². The van der Waals surface area contributed by atoms with E-state index in [4.69, 9.17) is 11.5 Å². The maximum atomic E-state index is 11.5. The number of nitrogens with zero attached hydrogens (tertiary/aromatic N) is 1. The lowest BCUT2D eigenvalue weighted by molar-refractivity contribution is -0.140. The molecule has 0 saturated carbocycles. The molecule has 6 heteroatoms. The molecule has 0 aliphatic carbocycles. The van der Waals surface area contributed by atoms with Crippen LogP contribution in [0.2, 0.25) is 0 Å². The van der Waals surface area contributed by atoms with Gasteiger partial charge in [0, 0.05) is 18.7 Å². The predicted molar refractivity (Wildman–Crippen MR) is 57.4 cm³/mol. The number of aliphatic carboxylic acids is 1. The highest BCUT2D eigenvalue weighted by Gasteiger charge is 2.34. The van der Waals surface area contributed by atoms with Crippen molar-refractivity contribution < 1.29 is 14.7 Å². The van der Waals surface area contributed by atoms with Crippen LogP contribution in [-0.4, -0.2) is 46.2 Å². The Morgan fingerprint density at radius 1 is 1.67 bits per heavy atom. The lowest BCUT2D eigenvalue weighted by atomic mass is 10.3. The molecule has 1 heterocycles. The number of hydrogen-bond acceptors (Lipinski definition) is 3. The van der Waals surface area contributed by atoms with Crippen molar-refractivity contribution in [3.05, 3.63) is 0 Å². The van der Waals surface area contributed by atoms with Crippen molar-refractivity contribution in [1.29, 1.82) is 0 Å². The summed E-state index contributed by atoms with van der Waals surface area (Å²) in [6.45, 7) is 0.378. The van der Waals surface area contributed by atoms with Gasteiger partial charge in [-0.25, -0.2) is 9.59 Å². The first-order valence-electron chi connectivity index (χ1n) is 4.45. The molecular formula is C9H12N2O3S. The van der Waals surface area contributed by atoms with Crippen LogP contribution in [0.5, 0.6) is 0 Å². The van der Waals surface area contributed by atoms with Crippen LogP contribution in [0, 0.1) is 12.3 Å². The molecule has 0 aromatic carbocycles. The lowest BCUT2D eigenvalue weighted by Crippen LogP contribution is -2.47. The molecule has 1 atom stereocenters. The molecule has 0 aromatic heterocycles. The first-order valence-corrected chi connectivity index (χ1v) is 5.60. The summed E-state index contributed by atoms with van der Waals surface area (Å²) in [7, 11) is 0. The fourth-order valence-corrected chi connectivity index (χ4v) is 2.34. The van der Waals surface area contributed by atoms with E-state index in [9.17, 15) is 9.59 Å². The molecule has 1 saturated heterocycles. The second-order valence-electron chi connectivity index (χ2n) is 3.01. The second kappa shape index (κ2) is 5.51. The predicted octanol–water partition coefficient (Wildman–Crippen LogP) is 0.179. The Morgan fingerprint density at radius 2 is 2.40 bits per heavy atom. The van der Waals surface area contributed by atoms with Gasteiger partial charge in [0.25, 0.3) is 0 Å². The van der Waals surface area contributed by atoms with E-state index < -0.39 is 12.0 Å². The minimum absolute atomic E-state index is 0.359. The third-order valence-electron chi connectivity index (χ3n) is 1.97. The molecule has 0 bridgehead atoms. The Kier molecular flexibility index (Phi) is 4.31. The Labute approximate surface area is 92.2 Å². The van der Waals surface area contributed by atoms with Crippen molar-refractivity contribution in [3.8, 4) is 12.3 Å². The molecule has 1 fully saturated rings. The van der Waals surface area contributed by atoms with Crippen LogP contribution in [0.25, 0.3) is 0 Å². The SMILES string of the molecule is C#CCCNC(=O)N1CSCC1C(=O)O. The van der Waals surface area contributed by atoms with Gasteiger partial charge in [0.15, 0.2) is 0 Å². The number of hydrogen-bond donors (Lipinski definition) is 2. The molecule has 1 aliphatic heterocycles. The molecule has 15 heavy (non-hydrogen) atoms. The largest absolute Gasteiger partial charge is 0.480 e. The summed E-state index contributed by atoms with van der Waals surface area (Å²) in [5.41, 5.74) is 0. The first kappa shape index (κ1) is 11.7. The molecule has 2 amide bonds. The number of urea groups is 1. The third kappa shape index (κ3) is 3.06. The molecule has 5 nitrogen and oxygen atoms in total. The van der Waals surface area contributed by atoms with Gasteiger partial charge in [-0.05, 0) is 0 Å². The zero-order valence-electron chi connectivity index (χ0n) is 8.10. The van der Waals surface area contributed by atoms with Gasteiger partial charge in [0.1, 0.15) is 6.04 Å². The standard InChI is InChI=1S/C9H12N2O3S/c1-2-3-4-10-9(14)11-6-15-5-7(11)8(12)13/h1,7H,3-6H2,(H,10,14)(H,12,13). The molecule has 0 aromatic rings. The highest BCUT2D eigenvalue weighted by atomic mass is 32.2. The number of carboxylic acids is 1. The van der Waals surface area contributed by atoms with Crippen LogP contribution in [-0.2, 0) is 4.79 Å². The minimum atomic E-state index is -0.966. The van der Waals surface area contributed by atoms with Gasteiger partial charge >= 0.3 is 12.0 Å². The molecular weight excluding hydrogens is 216 g/mol. The van der Waals surface area contributed by atoms with E-state index in [-0.39, 0.29) is 6.03 Å². The molecule has 1 rings (SSSR count). The molecule has 1 aliphatic rings. The maximum Gasteiger partial charge on any atom is 0.327 e. The fourth-order valence-electron chi connectivity index (χ4n) is 1.19. The number of rotatable bonds is 3. The van der Waals surface area contributed by atoms with Gasteiger partial charge < -0.3 is 15.3 Å². The number of carbonyl (C=O) groups excluding carboxylic acids is 1. The lowest BCUT2D eigenvalue weighted by Gasteiger charge is -2.20. The maximum absolute atomic E-state index is 11.5. The summed E-state index contributed by atoms with van der Waals surface area (Å²) < 4.78 is 0. The van der Waals surface area contributed by atoms with Crippen molar-refractivity contribution in [2.75, 3.05) is 18.2 Å². The van der Waals surface area contributed by atoms with Crippen LogP contribution in [0.4, 0.5) is 4.79 Å². The van der Waals surface area contributed by atoms with Gasteiger partial charge in [0.2, 0.25) is 0 Å². The van der Waals surface area contributed by atoms with E-state index in [2.05, 4.69) is 11.2 Å². The monoisotopic (exact) mass is 228 g/mol. The van der Waals surface area contributed by atoms with Crippen molar-refractivity contribution in [2.24, 2.45) is 0 Å². The van der Waals surface area contributed by atoms with Gasteiger partial charge in [-0.2, -0.15) is 0 Å². The number of amides is 2. The number of carbonyl (C=O) groups is 2. The van der Waals surface area contributed by atoms with Gasteiger partial charge in [-0.1, -0.05) is 0 Å². The minimum Gasteiger partial charge on any atom is -0.480 e. The van der Waals surface area contributed by atoms with E-state index in [1.54, 1.807) is 0 Å². The summed E-state index contributed by atoms with van der Waals surface area (Å²) >= 11 is 1.43. The summed E-state index contributed by atoms with van der Waals surface area (Å²) in [6, 6.07) is -1.08. The fraction of sp³-hybridized carbons (Fsp3) is 0.556. The molecule has 0 spiro atoms. The van der Waals surface area contributed by atoms with Crippen LogP contribution >= 0.6 is 11.8 Å². The summed E-state index contributed by atoms with van der Waals surface area (Å²) in [5, 5.41) is 11.4. The quantitative estimate of drug-likeness (QED) is 0.534. The van der Waals surface area contributed by atoms with Gasteiger partial charge in [-0.3, -0.25) is 0 Å². The zero-order valence-corrected chi connectivity index (χ0v) is 8.92. The smallest absolute Gasteiger partial charge is 0.327 e. The van der Waals surface area contributed by atoms with Crippen molar-refractivity contribution in [3.63, 3.8) is 0 Å². The van der Waals surface area contributed by atoms with Crippen LogP contribution in [0.3, 0.4) is 0 Å². The Hall–Kier alpha value is -1.35. The van der Waals surface area contributed by atoms with E-state index in [1.807, 2.05) is 0 Å². The zero-order chi connectivity index (χ0) is 11.3. The number of carboxylic acid groups (broad SMARTS) is 1. The van der Waals surface area contributed by atoms with E-state index in [1.165, 1.54) is 16.7 Å². The van der Waals surface area contributed by atoms with Crippen LogP contribution in [0.1, 0.15) is 6.42 Å². The van der Waals surface area contributed by atoms with Crippen LogP contribution in [0.15, 0.2) is 0 Å². The number of thioether (sulfide) groups is 1. The molecule has 2 N–H and O–H groups in total. The number of terminal acetylenes is 1. The van der Waals surface area contributed by atoms with Crippen molar-refractivity contribution in [2.45, 2.75) is 12.5 Å². The van der Waals surface area contributed by atoms with Crippen molar-refractivity contribution in [1.82, 2.24) is 10.2 Å². The summed E-state index contributed by atoms with van der Waals surface area (Å²) in [6.07, 6.45) is 5.48. The Morgan fingerprint density at radius 3 is 3.00 bits per heavy atom. The summed E-state index contributed by atoms with van der Waals surface area (Å²) in [5.74, 6) is 2.29. The molecule has 1 unspecified atom stereocenters.